The lowest BCUT2D eigenvalue weighted by Crippen LogP contribution is -2.29. The number of hydrogen-bond acceptors (Lipinski definition) is 2. The predicted octanol–water partition coefficient (Wildman–Crippen LogP) is 3.63. The number of aryl methyl sites for hydroxylation is 1. The molecule has 0 radical (unpaired) electrons. The van der Waals surface area contributed by atoms with Gasteiger partial charge < -0.3 is 10.6 Å². The summed E-state index contributed by atoms with van der Waals surface area (Å²) in [5, 5.41) is 11.8. The molecular formula is C17H24N4S. The Hall–Kier alpha value is -1.88. The minimum absolute atomic E-state index is 0.666. The van der Waals surface area contributed by atoms with Crippen LogP contribution in [0.15, 0.2) is 30.3 Å². The number of anilines is 1. The average molecular weight is 316 g/mol. The Morgan fingerprint density at radius 2 is 1.95 bits per heavy atom. The second kappa shape index (κ2) is 7.94. The molecule has 118 valence electrons. The summed E-state index contributed by atoms with van der Waals surface area (Å²) >= 11 is 5.35. The first kappa shape index (κ1) is 16.5. The molecule has 0 amide bonds. The van der Waals surface area contributed by atoms with E-state index < -0.39 is 0 Å². The summed E-state index contributed by atoms with van der Waals surface area (Å²) < 4.78 is 2.02. The summed E-state index contributed by atoms with van der Waals surface area (Å²) in [6.07, 6.45) is 2.27. The molecule has 4 nitrogen and oxygen atoms in total. The molecule has 1 aromatic heterocycles. The summed E-state index contributed by atoms with van der Waals surface area (Å²) in [6, 6.07) is 10.3. The van der Waals surface area contributed by atoms with Crippen molar-refractivity contribution < 1.29 is 0 Å². The number of benzene rings is 1. The SMILES string of the molecule is CCCCNC(=S)Nc1c(C)nn(Cc2ccccc2)c1C. The minimum atomic E-state index is 0.666. The van der Waals surface area contributed by atoms with Crippen molar-refractivity contribution in [3.05, 3.63) is 47.3 Å². The molecule has 2 aromatic rings. The molecule has 0 atom stereocenters. The number of nitrogens with one attached hydrogen (secondary N) is 2. The van der Waals surface area contributed by atoms with Gasteiger partial charge in [-0.25, -0.2) is 0 Å². The molecule has 0 saturated heterocycles. The molecule has 0 saturated carbocycles. The highest BCUT2D eigenvalue weighted by Gasteiger charge is 2.12. The molecule has 22 heavy (non-hydrogen) atoms. The van der Waals surface area contributed by atoms with Crippen molar-refractivity contribution in [2.75, 3.05) is 11.9 Å². The van der Waals surface area contributed by atoms with Crippen molar-refractivity contribution in [2.45, 2.75) is 40.2 Å². The number of thiocarbonyl (C=S) groups is 1. The average Bonchev–Trinajstić information content (AvgIpc) is 2.76. The van der Waals surface area contributed by atoms with Crippen molar-refractivity contribution in [3.63, 3.8) is 0 Å². The van der Waals surface area contributed by atoms with E-state index >= 15 is 0 Å². The van der Waals surface area contributed by atoms with Gasteiger partial charge in [-0.1, -0.05) is 43.7 Å². The highest BCUT2D eigenvalue weighted by atomic mass is 32.1. The van der Waals surface area contributed by atoms with Crippen molar-refractivity contribution >= 4 is 23.0 Å². The van der Waals surface area contributed by atoms with Crippen LogP contribution in [-0.2, 0) is 6.54 Å². The second-order valence-corrected chi connectivity index (χ2v) is 5.83. The molecular weight excluding hydrogens is 292 g/mol. The smallest absolute Gasteiger partial charge is 0.170 e. The van der Waals surface area contributed by atoms with Gasteiger partial charge in [0, 0.05) is 6.54 Å². The molecule has 0 spiro atoms. The van der Waals surface area contributed by atoms with Crippen LogP contribution in [-0.4, -0.2) is 21.4 Å². The number of nitrogens with zero attached hydrogens (tertiary/aromatic N) is 2. The monoisotopic (exact) mass is 316 g/mol. The van der Waals surface area contributed by atoms with Gasteiger partial charge in [0.1, 0.15) is 0 Å². The number of rotatable bonds is 6. The van der Waals surface area contributed by atoms with E-state index in [1.165, 1.54) is 5.56 Å². The van der Waals surface area contributed by atoms with Gasteiger partial charge in [0.15, 0.2) is 5.11 Å². The van der Waals surface area contributed by atoms with Crippen molar-refractivity contribution in [1.82, 2.24) is 15.1 Å². The van der Waals surface area contributed by atoms with Gasteiger partial charge in [0.05, 0.1) is 23.6 Å². The first-order valence-corrected chi connectivity index (χ1v) is 8.15. The Morgan fingerprint density at radius 1 is 1.23 bits per heavy atom. The van der Waals surface area contributed by atoms with E-state index in [1.807, 2.05) is 29.8 Å². The lowest BCUT2D eigenvalue weighted by molar-refractivity contribution is 0.659. The van der Waals surface area contributed by atoms with E-state index in [0.29, 0.717) is 5.11 Å². The van der Waals surface area contributed by atoms with Crippen molar-refractivity contribution in [1.29, 1.82) is 0 Å². The van der Waals surface area contributed by atoms with Gasteiger partial charge in [-0.15, -0.1) is 0 Å². The quantitative estimate of drug-likeness (QED) is 0.631. The van der Waals surface area contributed by atoms with E-state index in [9.17, 15) is 0 Å². The van der Waals surface area contributed by atoms with Gasteiger partial charge in [-0.05, 0) is 38.0 Å². The molecule has 2 rings (SSSR count). The van der Waals surface area contributed by atoms with E-state index in [0.717, 1.165) is 43.0 Å². The number of hydrogen-bond donors (Lipinski definition) is 2. The molecule has 2 N–H and O–H groups in total. The molecule has 1 heterocycles. The van der Waals surface area contributed by atoms with E-state index in [1.54, 1.807) is 0 Å². The van der Waals surface area contributed by atoms with E-state index in [-0.39, 0.29) is 0 Å². The maximum atomic E-state index is 5.35. The molecule has 0 unspecified atom stereocenters. The van der Waals surface area contributed by atoms with Crippen LogP contribution in [0.1, 0.15) is 36.7 Å². The summed E-state index contributed by atoms with van der Waals surface area (Å²) in [5.41, 5.74) is 4.31. The van der Waals surface area contributed by atoms with Gasteiger partial charge in [-0.3, -0.25) is 4.68 Å². The first-order chi connectivity index (χ1) is 10.6. The van der Waals surface area contributed by atoms with Gasteiger partial charge >= 0.3 is 0 Å². The van der Waals surface area contributed by atoms with Gasteiger partial charge in [0.25, 0.3) is 0 Å². The topological polar surface area (TPSA) is 41.9 Å². The summed E-state index contributed by atoms with van der Waals surface area (Å²) in [4.78, 5) is 0. The zero-order valence-electron chi connectivity index (χ0n) is 13.5. The predicted molar refractivity (Wildman–Crippen MR) is 96.4 cm³/mol. The normalized spacial score (nSPS) is 10.5. The molecule has 1 aromatic carbocycles. The Balaban J connectivity index is 2.05. The Labute approximate surface area is 137 Å². The third kappa shape index (κ3) is 4.31. The summed E-state index contributed by atoms with van der Waals surface area (Å²) in [6.45, 7) is 7.91. The van der Waals surface area contributed by atoms with Crippen LogP contribution in [0.3, 0.4) is 0 Å². The second-order valence-electron chi connectivity index (χ2n) is 5.42. The highest BCUT2D eigenvalue weighted by Crippen LogP contribution is 2.20. The highest BCUT2D eigenvalue weighted by molar-refractivity contribution is 7.80. The van der Waals surface area contributed by atoms with Crippen LogP contribution in [0.5, 0.6) is 0 Å². The molecule has 0 aliphatic rings. The molecule has 0 bridgehead atoms. The maximum Gasteiger partial charge on any atom is 0.170 e. The van der Waals surface area contributed by atoms with Crippen LogP contribution in [0.25, 0.3) is 0 Å². The van der Waals surface area contributed by atoms with Crippen molar-refractivity contribution in [3.8, 4) is 0 Å². The largest absolute Gasteiger partial charge is 0.362 e. The van der Waals surface area contributed by atoms with Crippen LogP contribution in [0, 0.1) is 13.8 Å². The van der Waals surface area contributed by atoms with Crippen LogP contribution in [0.2, 0.25) is 0 Å². The maximum absolute atomic E-state index is 5.35. The number of unbranched alkanes of at least 4 members (excludes halogenated alkanes) is 1. The van der Waals surface area contributed by atoms with Crippen LogP contribution >= 0.6 is 12.2 Å². The third-order valence-electron chi connectivity index (χ3n) is 3.61. The van der Waals surface area contributed by atoms with Gasteiger partial charge in [-0.2, -0.15) is 5.10 Å². The fraction of sp³-hybridized carbons (Fsp3) is 0.412. The summed E-state index contributed by atoms with van der Waals surface area (Å²) in [5.74, 6) is 0. The van der Waals surface area contributed by atoms with Gasteiger partial charge in [0.2, 0.25) is 0 Å². The lowest BCUT2D eigenvalue weighted by atomic mass is 10.2. The third-order valence-corrected chi connectivity index (χ3v) is 3.86. The standard InChI is InChI=1S/C17H24N4S/c1-4-5-11-18-17(22)19-16-13(2)20-21(14(16)3)12-15-9-7-6-8-10-15/h6-10H,4-5,11-12H2,1-3H3,(H2,18,19,22). The van der Waals surface area contributed by atoms with E-state index in [2.05, 4.69) is 41.7 Å². The Bertz CT molecular complexity index is 619. The first-order valence-electron chi connectivity index (χ1n) is 7.74. The fourth-order valence-electron chi connectivity index (χ4n) is 2.32. The molecule has 0 aliphatic carbocycles. The Kier molecular flexibility index (Phi) is 5.95. The van der Waals surface area contributed by atoms with Crippen LogP contribution in [0.4, 0.5) is 5.69 Å². The Morgan fingerprint density at radius 3 is 2.64 bits per heavy atom. The van der Waals surface area contributed by atoms with Crippen LogP contribution < -0.4 is 10.6 Å². The fourth-order valence-corrected chi connectivity index (χ4v) is 2.53. The lowest BCUT2D eigenvalue weighted by Gasteiger charge is -2.11. The van der Waals surface area contributed by atoms with Crippen molar-refractivity contribution in [2.24, 2.45) is 0 Å². The zero-order valence-corrected chi connectivity index (χ0v) is 14.3. The minimum Gasteiger partial charge on any atom is -0.362 e. The van der Waals surface area contributed by atoms with E-state index in [4.69, 9.17) is 12.2 Å². The zero-order chi connectivity index (χ0) is 15.9. The molecule has 0 fully saturated rings. The summed E-state index contributed by atoms with van der Waals surface area (Å²) in [7, 11) is 0. The molecule has 0 aliphatic heterocycles. The number of aromatic nitrogens is 2. The molecule has 5 heteroatoms.